The molecule has 0 aromatic carbocycles. The van der Waals surface area contributed by atoms with E-state index in [1.165, 1.54) is 31.3 Å². The minimum atomic E-state index is -4.59. The number of aromatic nitrogens is 1. The standard InChI is InChI=1S/C27H33ClF3N3O2/c1-14-10-16-18-6-5-8-25(18,2)9-7-19(16)26(3)12-17(24(36)34(4)21(14)26)23(35)33-22-20(28)11-15(13-32-22)27(29,30)31/h11,13,16-19H,5-10,12H2,1-4H3,(H,32,33,35)/t16-,17?,18-,19+,25-,26+/m0/s1. The summed E-state index contributed by atoms with van der Waals surface area (Å²) in [6.07, 6.45) is 3.43. The monoisotopic (exact) mass is 523 g/mol. The maximum atomic E-state index is 13.4. The molecule has 1 aromatic heterocycles. The van der Waals surface area contributed by atoms with Crippen molar-refractivity contribution in [3.8, 4) is 0 Å². The van der Waals surface area contributed by atoms with E-state index in [2.05, 4.69) is 31.1 Å². The van der Waals surface area contributed by atoms with Crippen molar-refractivity contribution >= 4 is 29.2 Å². The second kappa shape index (κ2) is 8.47. The molecular weight excluding hydrogens is 491 g/mol. The number of carbonyl (C=O) groups is 2. The second-order valence-corrected chi connectivity index (χ2v) is 12.3. The number of nitrogens with zero attached hydrogens (tertiary/aromatic N) is 2. The van der Waals surface area contributed by atoms with Gasteiger partial charge in [-0.3, -0.25) is 9.59 Å². The third-order valence-electron chi connectivity index (χ3n) is 9.84. The molecule has 0 bridgehead atoms. The number of hydrogen-bond donors (Lipinski definition) is 1. The molecule has 1 aromatic rings. The molecule has 2 heterocycles. The molecule has 1 unspecified atom stereocenters. The van der Waals surface area contributed by atoms with Gasteiger partial charge < -0.3 is 10.2 Å². The lowest BCUT2D eigenvalue weighted by atomic mass is 9.48. The lowest BCUT2D eigenvalue weighted by molar-refractivity contribution is -0.147. The molecule has 4 aliphatic rings. The van der Waals surface area contributed by atoms with E-state index in [1.54, 1.807) is 11.9 Å². The molecule has 196 valence electrons. The van der Waals surface area contributed by atoms with Crippen molar-refractivity contribution in [1.29, 1.82) is 0 Å². The molecule has 9 heteroatoms. The van der Waals surface area contributed by atoms with E-state index in [4.69, 9.17) is 11.6 Å². The first kappa shape index (κ1) is 25.6. The summed E-state index contributed by atoms with van der Waals surface area (Å²) in [4.78, 5) is 32.1. The first-order valence-electron chi connectivity index (χ1n) is 12.8. The van der Waals surface area contributed by atoms with Crippen LogP contribution in [0.25, 0.3) is 0 Å². The fourth-order valence-corrected chi connectivity index (χ4v) is 8.55. The Bertz CT molecular complexity index is 1150. The van der Waals surface area contributed by atoms with E-state index in [1.807, 2.05) is 0 Å². The number of amides is 2. The SMILES string of the molecule is CC1=C2N(C)C(=O)C(C(=O)Nc3ncc(C(F)(F)F)cc3Cl)C[C@]2(C)[C@@H]2CC[C@]3(C)CCC[C@H]3[C@@H]2C1. The van der Waals surface area contributed by atoms with Crippen molar-refractivity contribution in [1.82, 2.24) is 9.88 Å². The molecule has 1 aliphatic heterocycles. The van der Waals surface area contributed by atoms with Crippen molar-refractivity contribution < 1.29 is 22.8 Å². The first-order chi connectivity index (χ1) is 16.8. The van der Waals surface area contributed by atoms with Gasteiger partial charge in [0.25, 0.3) is 0 Å². The summed E-state index contributed by atoms with van der Waals surface area (Å²) in [5.41, 5.74) is 1.33. The van der Waals surface area contributed by atoms with Crippen LogP contribution in [0.4, 0.5) is 19.0 Å². The van der Waals surface area contributed by atoms with E-state index >= 15 is 0 Å². The second-order valence-electron chi connectivity index (χ2n) is 11.9. The number of fused-ring (bicyclic) bond motifs is 5. The van der Waals surface area contributed by atoms with Crippen LogP contribution in [0.1, 0.15) is 71.3 Å². The highest BCUT2D eigenvalue weighted by molar-refractivity contribution is 6.33. The summed E-state index contributed by atoms with van der Waals surface area (Å²) < 4.78 is 38.9. The number of pyridine rings is 1. The van der Waals surface area contributed by atoms with Crippen LogP contribution in [0.3, 0.4) is 0 Å². The highest BCUT2D eigenvalue weighted by Gasteiger charge is 2.60. The third kappa shape index (κ3) is 3.86. The van der Waals surface area contributed by atoms with Crippen LogP contribution in [0.2, 0.25) is 5.02 Å². The summed E-state index contributed by atoms with van der Waals surface area (Å²) in [6, 6.07) is 0.733. The molecule has 2 amide bonds. The molecule has 5 rings (SSSR count). The van der Waals surface area contributed by atoms with Crippen molar-refractivity contribution in [3.05, 3.63) is 34.1 Å². The zero-order valence-electron chi connectivity index (χ0n) is 21.1. The number of nitrogens with one attached hydrogen (secondary N) is 1. The lowest BCUT2D eigenvalue weighted by Crippen LogP contribution is -2.57. The Morgan fingerprint density at radius 2 is 1.94 bits per heavy atom. The number of hydrogen-bond acceptors (Lipinski definition) is 3. The van der Waals surface area contributed by atoms with Gasteiger partial charge in [-0.25, -0.2) is 4.98 Å². The fourth-order valence-electron chi connectivity index (χ4n) is 8.34. The van der Waals surface area contributed by atoms with Gasteiger partial charge >= 0.3 is 6.18 Å². The maximum Gasteiger partial charge on any atom is 0.417 e. The quantitative estimate of drug-likeness (QED) is 0.439. The molecule has 36 heavy (non-hydrogen) atoms. The smallest absolute Gasteiger partial charge is 0.318 e. The summed E-state index contributed by atoms with van der Waals surface area (Å²) in [7, 11) is 1.74. The van der Waals surface area contributed by atoms with Crippen LogP contribution >= 0.6 is 11.6 Å². The zero-order chi connectivity index (χ0) is 26.2. The predicted octanol–water partition coefficient (Wildman–Crippen LogP) is 6.69. The van der Waals surface area contributed by atoms with Gasteiger partial charge in [0.05, 0.1) is 10.6 Å². The number of likely N-dealkylation sites (tertiary alicyclic amines) is 1. The van der Waals surface area contributed by atoms with Crippen molar-refractivity contribution in [2.75, 3.05) is 12.4 Å². The number of anilines is 1. The van der Waals surface area contributed by atoms with E-state index in [0.29, 0.717) is 35.8 Å². The molecule has 1 N–H and O–H groups in total. The van der Waals surface area contributed by atoms with Gasteiger partial charge in [-0.15, -0.1) is 0 Å². The minimum absolute atomic E-state index is 0.172. The fraction of sp³-hybridized carbons (Fsp3) is 0.667. The van der Waals surface area contributed by atoms with Gasteiger partial charge in [-0.05, 0) is 74.7 Å². The van der Waals surface area contributed by atoms with E-state index < -0.39 is 23.6 Å². The van der Waals surface area contributed by atoms with Crippen LogP contribution < -0.4 is 5.32 Å². The lowest BCUT2D eigenvalue weighted by Gasteiger charge is -2.59. The van der Waals surface area contributed by atoms with Gasteiger partial charge in [0.15, 0.2) is 5.82 Å². The Hall–Kier alpha value is -2.09. The number of halogens is 4. The Morgan fingerprint density at radius 1 is 1.22 bits per heavy atom. The Kier molecular flexibility index (Phi) is 6.01. The highest BCUT2D eigenvalue weighted by atomic mass is 35.5. The molecule has 2 saturated carbocycles. The first-order valence-corrected chi connectivity index (χ1v) is 13.2. The molecule has 1 saturated heterocycles. The van der Waals surface area contributed by atoms with Gasteiger partial charge in [0.1, 0.15) is 5.92 Å². The molecule has 5 nitrogen and oxygen atoms in total. The van der Waals surface area contributed by atoms with Crippen LogP contribution in [-0.2, 0) is 15.8 Å². The Balaban J connectivity index is 1.44. The largest absolute Gasteiger partial charge is 0.417 e. The van der Waals surface area contributed by atoms with E-state index in [9.17, 15) is 22.8 Å². The van der Waals surface area contributed by atoms with E-state index in [0.717, 1.165) is 24.6 Å². The van der Waals surface area contributed by atoms with Crippen LogP contribution in [0.15, 0.2) is 23.5 Å². The van der Waals surface area contributed by atoms with E-state index in [-0.39, 0.29) is 22.2 Å². The van der Waals surface area contributed by atoms with Crippen LogP contribution in [0, 0.1) is 34.5 Å². The minimum Gasteiger partial charge on any atom is -0.318 e. The molecular formula is C27H33ClF3N3O2. The van der Waals surface area contributed by atoms with Gasteiger partial charge in [-0.1, -0.05) is 37.4 Å². The Labute approximate surface area is 214 Å². The van der Waals surface area contributed by atoms with Crippen molar-refractivity contribution in [2.24, 2.45) is 34.5 Å². The molecule has 3 fully saturated rings. The molecule has 6 atom stereocenters. The third-order valence-corrected chi connectivity index (χ3v) is 10.1. The summed E-state index contributed by atoms with van der Waals surface area (Å²) in [5, 5.41) is 2.22. The summed E-state index contributed by atoms with van der Waals surface area (Å²) in [5.74, 6) is -0.441. The number of allylic oxidation sites excluding steroid dienone is 2. The Morgan fingerprint density at radius 3 is 2.61 bits per heavy atom. The van der Waals surface area contributed by atoms with Crippen molar-refractivity contribution in [3.63, 3.8) is 0 Å². The van der Waals surface area contributed by atoms with Crippen LogP contribution in [-0.4, -0.2) is 28.7 Å². The number of carbonyl (C=O) groups excluding carboxylic acids is 2. The highest BCUT2D eigenvalue weighted by Crippen LogP contribution is 2.65. The van der Waals surface area contributed by atoms with Gasteiger partial charge in [0, 0.05) is 24.4 Å². The zero-order valence-corrected chi connectivity index (χ0v) is 21.9. The van der Waals surface area contributed by atoms with Gasteiger partial charge in [-0.2, -0.15) is 13.2 Å². The number of rotatable bonds is 2. The molecule has 0 radical (unpaired) electrons. The number of piperidine rings is 1. The summed E-state index contributed by atoms with van der Waals surface area (Å²) in [6.45, 7) is 6.76. The average molecular weight is 524 g/mol. The van der Waals surface area contributed by atoms with Crippen LogP contribution in [0.5, 0.6) is 0 Å². The molecule has 3 aliphatic carbocycles. The topological polar surface area (TPSA) is 62.3 Å². The summed E-state index contributed by atoms with van der Waals surface area (Å²) >= 11 is 6.02. The average Bonchev–Trinajstić information content (AvgIpc) is 3.19. The number of alkyl halides is 3. The normalized spacial score (nSPS) is 36.3. The predicted molar refractivity (Wildman–Crippen MR) is 131 cm³/mol. The maximum absolute atomic E-state index is 13.4. The molecule has 0 spiro atoms. The van der Waals surface area contributed by atoms with Crippen molar-refractivity contribution in [2.45, 2.75) is 71.9 Å². The van der Waals surface area contributed by atoms with Gasteiger partial charge in [0.2, 0.25) is 11.8 Å².